The van der Waals surface area contributed by atoms with E-state index in [0.29, 0.717) is 19.8 Å². The van der Waals surface area contributed by atoms with E-state index in [9.17, 15) is 0 Å². The highest BCUT2D eigenvalue weighted by Crippen LogP contribution is 2.28. The van der Waals surface area contributed by atoms with Crippen molar-refractivity contribution >= 4 is 21.6 Å². The summed E-state index contributed by atoms with van der Waals surface area (Å²) in [5, 5.41) is 12.3. The van der Waals surface area contributed by atoms with Gasteiger partial charge in [0.25, 0.3) is 0 Å². The van der Waals surface area contributed by atoms with Gasteiger partial charge in [0.2, 0.25) is 0 Å². The molecule has 0 unspecified atom stereocenters. The average molecular weight is 267 g/mol. The van der Waals surface area contributed by atoms with E-state index < -0.39 is 0 Å². The van der Waals surface area contributed by atoms with E-state index in [2.05, 4.69) is 27.3 Å². The highest BCUT2D eigenvalue weighted by atomic mass is 79.9. The van der Waals surface area contributed by atoms with Gasteiger partial charge in [0.1, 0.15) is 5.41 Å². The van der Waals surface area contributed by atoms with Gasteiger partial charge >= 0.3 is 0 Å². The van der Waals surface area contributed by atoms with Crippen LogP contribution in [-0.4, -0.2) is 19.8 Å². The lowest BCUT2D eigenvalue weighted by Gasteiger charge is -2.35. The van der Waals surface area contributed by atoms with Crippen molar-refractivity contribution in [2.24, 2.45) is 5.41 Å². The molecule has 1 aromatic rings. The van der Waals surface area contributed by atoms with Crippen LogP contribution in [0.2, 0.25) is 0 Å². The zero-order valence-electron chi connectivity index (χ0n) is 8.16. The van der Waals surface area contributed by atoms with Crippen molar-refractivity contribution in [2.75, 3.05) is 25.1 Å². The minimum Gasteiger partial charge on any atom is -0.382 e. The third kappa shape index (κ3) is 2.14. The Labute approximate surface area is 97.2 Å². The molecule has 0 atom stereocenters. The minimum absolute atomic E-state index is 0.338. The Bertz CT molecular complexity index is 396. The lowest BCUT2D eigenvalue weighted by molar-refractivity contribution is -0.0690. The van der Waals surface area contributed by atoms with Crippen LogP contribution in [0, 0.1) is 16.7 Å². The van der Waals surface area contributed by atoms with E-state index in [4.69, 9.17) is 10.00 Å². The van der Waals surface area contributed by atoms with E-state index in [1.807, 2.05) is 24.3 Å². The van der Waals surface area contributed by atoms with Crippen LogP contribution in [0.25, 0.3) is 0 Å². The predicted octanol–water partition coefficient (Wildman–Crippen LogP) is 2.40. The van der Waals surface area contributed by atoms with Crippen LogP contribution in [0.4, 0.5) is 5.69 Å². The largest absolute Gasteiger partial charge is 0.382 e. The van der Waals surface area contributed by atoms with Crippen LogP contribution in [0.15, 0.2) is 28.7 Å². The highest BCUT2D eigenvalue weighted by Gasteiger charge is 2.38. The highest BCUT2D eigenvalue weighted by molar-refractivity contribution is 9.10. The lowest BCUT2D eigenvalue weighted by Crippen LogP contribution is -2.46. The van der Waals surface area contributed by atoms with Gasteiger partial charge in [0.05, 0.1) is 19.3 Å². The number of ether oxygens (including phenoxy) is 1. The van der Waals surface area contributed by atoms with Gasteiger partial charge in [0.15, 0.2) is 0 Å². The maximum absolute atomic E-state index is 9.00. The first-order chi connectivity index (χ1) is 7.26. The van der Waals surface area contributed by atoms with Gasteiger partial charge in [-0.25, -0.2) is 0 Å². The van der Waals surface area contributed by atoms with Gasteiger partial charge in [-0.3, -0.25) is 0 Å². The normalized spacial score (nSPS) is 17.6. The van der Waals surface area contributed by atoms with E-state index in [1.165, 1.54) is 0 Å². The first kappa shape index (κ1) is 10.5. The second-order valence-corrected chi connectivity index (χ2v) is 4.57. The second-order valence-electron chi connectivity index (χ2n) is 3.72. The summed E-state index contributed by atoms with van der Waals surface area (Å²) >= 11 is 3.45. The van der Waals surface area contributed by atoms with Crippen molar-refractivity contribution in [3.8, 4) is 6.07 Å². The third-order valence-electron chi connectivity index (χ3n) is 2.48. The number of hydrogen-bond donors (Lipinski definition) is 1. The molecule has 1 aromatic carbocycles. The fourth-order valence-electron chi connectivity index (χ4n) is 1.42. The number of para-hydroxylation sites is 1. The molecular weight excluding hydrogens is 256 g/mol. The zero-order valence-corrected chi connectivity index (χ0v) is 9.75. The van der Waals surface area contributed by atoms with Crippen LogP contribution >= 0.6 is 15.9 Å². The van der Waals surface area contributed by atoms with Gasteiger partial charge in [-0.2, -0.15) is 5.26 Å². The van der Waals surface area contributed by atoms with Crippen molar-refractivity contribution in [2.45, 2.75) is 0 Å². The van der Waals surface area contributed by atoms with Crippen molar-refractivity contribution in [1.29, 1.82) is 5.26 Å². The predicted molar refractivity (Wildman–Crippen MR) is 61.5 cm³/mol. The quantitative estimate of drug-likeness (QED) is 0.914. The van der Waals surface area contributed by atoms with Gasteiger partial charge in [0, 0.05) is 16.7 Å². The van der Waals surface area contributed by atoms with Crippen LogP contribution in [0.5, 0.6) is 0 Å². The van der Waals surface area contributed by atoms with E-state index in [-0.39, 0.29) is 5.41 Å². The van der Waals surface area contributed by atoms with Gasteiger partial charge < -0.3 is 10.1 Å². The summed E-state index contributed by atoms with van der Waals surface area (Å²) in [7, 11) is 0. The molecule has 1 aliphatic heterocycles. The average Bonchev–Trinajstić information content (AvgIpc) is 2.19. The molecule has 0 saturated carbocycles. The molecule has 1 heterocycles. The number of hydrogen-bond acceptors (Lipinski definition) is 3. The second kappa shape index (κ2) is 4.21. The molecule has 78 valence electrons. The third-order valence-corrected chi connectivity index (χ3v) is 3.18. The van der Waals surface area contributed by atoms with Crippen LogP contribution in [0.3, 0.4) is 0 Å². The zero-order chi connectivity index (χ0) is 10.7. The molecule has 1 aliphatic rings. The number of anilines is 1. The molecule has 0 radical (unpaired) electrons. The topological polar surface area (TPSA) is 45.0 Å². The first-order valence-corrected chi connectivity index (χ1v) is 5.52. The van der Waals surface area contributed by atoms with Gasteiger partial charge in [-0.1, -0.05) is 12.1 Å². The number of nitriles is 1. The maximum atomic E-state index is 9.00. The summed E-state index contributed by atoms with van der Waals surface area (Å²) in [6.45, 7) is 1.69. The lowest BCUT2D eigenvalue weighted by atomic mass is 9.88. The van der Waals surface area contributed by atoms with Crippen molar-refractivity contribution in [1.82, 2.24) is 0 Å². The van der Waals surface area contributed by atoms with E-state index >= 15 is 0 Å². The monoisotopic (exact) mass is 266 g/mol. The Morgan fingerprint density at radius 3 is 2.73 bits per heavy atom. The molecule has 4 heteroatoms. The smallest absolute Gasteiger partial charge is 0.121 e. The Kier molecular flexibility index (Phi) is 2.94. The Morgan fingerprint density at radius 2 is 2.20 bits per heavy atom. The van der Waals surface area contributed by atoms with Crippen molar-refractivity contribution < 1.29 is 4.74 Å². The number of nitrogens with zero attached hydrogens (tertiary/aromatic N) is 1. The summed E-state index contributed by atoms with van der Waals surface area (Å²) < 4.78 is 6.09. The SMILES string of the molecule is N#CC1(CNc2ccccc2Br)COC1. The number of halogens is 1. The van der Waals surface area contributed by atoms with E-state index in [0.717, 1.165) is 10.2 Å². The fraction of sp³-hybridized carbons (Fsp3) is 0.364. The summed E-state index contributed by atoms with van der Waals surface area (Å²) in [5.74, 6) is 0. The molecular formula is C11H11BrN2O. The molecule has 2 rings (SSSR count). The molecule has 0 bridgehead atoms. The number of rotatable bonds is 3. The molecule has 1 fully saturated rings. The molecule has 0 aromatic heterocycles. The first-order valence-electron chi connectivity index (χ1n) is 4.73. The summed E-state index contributed by atoms with van der Waals surface area (Å²) in [4.78, 5) is 0. The summed E-state index contributed by atoms with van der Waals surface area (Å²) in [6, 6.07) is 10.2. The van der Waals surface area contributed by atoms with Crippen molar-refractivity contribution in [3.05, 3.63) is 28.7 Å². The summed E-state index contributed by atoms with van der Waals surface area (Å²) in [5.41, 5.74) is 0.675. The summed E-state index contributed by atoms with van der Waals surface area (Å²) in [6.07, 6.45) is 0. The molecule has 3 nitrogen and oxygen atoms in total. The van der Waals surface area contributed by atoms with Gasteiger partial charge in [-0.05, 0) is 28.1 Å². The van der Waals surface area contributed by atoms with Crippen molar-refractivity contribution in [3.63, 3.8) is 0 Å². The maximum Gasteiger partial charge on any atom is 0.121 e. The van der Waals surface area contributed by atoms with Gasteiger partial charge in [-0.15, -0.1) is 0 Å². The van der Waals surface area contributed by atoms with Crippen LogP contribution < -0.4 is 5.32 Å². The standard InChI is InChI=1S/C11H11BrN2O/c12-9-3-1-2-4-10(9)14-6-11(5-13)7-15-8-11/h1-4,14H,6-8H2. The molecule has 1 N–H and O–H groups in total. The molecule has 1 saturated heterocycles. The molecule has 15 heavy (non-hydrogen) atoms. The molecule has 0 spiro atoms. The molecule has 0 amide bonds. The Hall–Kier alpha value is -1.05. The minimum atomic E-state index is -0.338. The number of benzene rings is 1. The van der Waals surface area contributed by atoms with E-state index in [1.54, 1.807) is 0 Å². The Balaban J connectivity index is 1.99. The fourth-order valence-corrected chi connectivity index (χ4v) is 1.85. The van der Waals surface area contributed by atoms with Crippen LogP contribution in [0.1, 0.15) is 0 Å². The van der Waals surface area contributed by atoms with Crippen LogP contribution in [-0.2, 0) is 4.74 Å². The molecule has 0 aliphatic carbocycles. The number of nitrogens with one attached hydrogen (secondary N) is 1. The Morgan fingerprint density at radius 1 is 1.47 bits per heavy atom.